The van der Waals surface area contributed by atoms with Gasteiger partial charge in [-0.3, -0.25) is 0 Å². The molecule has 0 spiro atoms. The van der Waals surface area contributed by atoms with Gasteiger partial charge in [0.25, 0.3) is 0 Å². The van der Waals surface area contributed by atoms with E-state index in [4.69, 9.17) is 0 Å². The maximum atomic E-state index is 9.80. The summed E-state index contributed by atoms with van der Waals surface area (Å²) in [6.07, 6.45) is 3.01. The number of aliphatic hydroxyl groups is 1. The van der Waals surface area contributed by atoms with Crippen molar-refractivity contribution in [2.75, 3.05) is 6.61 Å². The van der Waals surface area contributed by atoms with Crippen LogP contribution in [0.15, 0.2) is 60.8 Å². The van der Waals surface area contributed by atoms with Crippen LogP contribution in [0, 0.1) is 0 Å². The molecule has 1 heterocycles. The van der Waals surface area contributed by atoms with E-state index in [2.05, 4.69) is 54.2 Å². The van der Waals surface area contributed by atoms with Crippen LogP contribution < -0.4 is 0 Å². The molecular weight excluding hydrogens is 246 g/mol. The molecule has 0 aliphatic carbocycles. The summed E-state index contributed by atoms with van der Waals surface area (Å²) in [7, 11) is 2.06. The fourth-order valence-electron chi connectivity index (χ4n) is 2.87. The number of benzene rings is 2. The maximum Gasteiger partial charge on any atom is 0.0503 e. The lowest BCUT2D eigenvalue weighted by atomic mass is 9.92. The first kappa shape index (κ1) is 12.9. The third-order valence-corrected chi connectivity index (χ3v) is 3.91. The van der Waals surface area contributed by atoms with E-state index >= 15 is 0 Å². The molecule has 0 fully saturated rings. The van der Waals surface area contributed by atoms with Crippen LogP contribution in [0.2, 0.25) is 0 Å². The maximum absolute atomic E-state index is 9.80. The average molecular weight is 265 g/mol. The van der Waals surface area contributed by atoms with Crippen molar-refractivity contribution >= 4 is 10.9 Å². The summed E-state index contributed by atoms with van der Waals surface area (Å²) in [5.74, 6) is 0.142. The fourth-order valence-corrected chi connectivity index (χ4v) is 2.87. The molecule has 0 saturated carbocycles. The Morgan fingerprint density at radius 1 is 1.00 bits per heavy atom. The van der Waals surface area contributed by atoms with E-state index in [0.29, 0.717) is 0 Å². The number of aromatic nitrogens is 1. The van der Waals surface area contributed by atoms with Crippen molar-refractivity contribution in [2.24, 2.45) is 7.05 Å². The van der Waals surface area contributed by atoms with Gasteiger partial charge < -0.3 is 9.67 Å². The smallest absolute Gasteiger partial charge is 0.0503 e. The molecule has 2 heteroatoms. The molecule has 0 unspecified atom stereocenters. The molecule has 1 N–H and O–H groups in total. The number of nitrogens with zero attached hydrogens (tertiary/aromatic N) is 1. The van der Waals surface area contributed by atoms with Crippen LogP contribution in [0.1, 0.15) is 17.0 Å². The van der Waals surface area contributed by atoms with Crippen LogP contribution in [0.25, 0.3) is 10.9 Å². The average Bonchev–Trinajstić information content (AvgIpc) is 2.84. The third-order valence-electron chi connectivity index (χ3n) is 3.91. The Morgan fingerprint density at radius 2 is 1.70 bits per heavy atom. The van der Waals surface area contributed by atoms with Gasteiger partial charge in [-0.1, -0.05) is 48.5 Å². The first-order chi connectivity index (χ1) is 9.79. The van der Waals surface area contributed by atoms with Crippen LogP contribution in [0.5, 0.6) is 0 Å². The minimum Gasteiger partial charge on any atom is -0.396 e. The molecule has 20 heavy (non-hydrogen) atoms. The zero-order chi connectivity index (χ0) is 13.9. The monoisotopic (exact) mass is 265 g/mol. The Labute approximate surface area is 119 Å². The SMILES string of the molecule is Cn1cc([C@@H](CO)Cc2ccccc2)c2ccccc21. The number of fused-ring (bicyclic) bond motifs is 1. The quantitative estimate of drug-likeness (QED) is 0.767. The number of rotatable bonds is 4. The first-order valence-corrected chi connectivity index (χ1v) is 6.98. The van der Waals surface area contributed by atoms with Crippen molar-refractivity contribution in [1.82, 2.24) is 4.57 Å². The van der Waals surface area contributed by atoms with Crippen molar-refractivity contribution in [1.29, 1.82) is 0 Å². The van der Waals surface area contributed by atoms with Gasteiger partial charge in [-0.2, -0.15) is 0 Å². The zero-order valence-corrected chi connectivity index (χ0v) is 11.7. The first-order valence-electron chi connectivity index (χ1n) is 6.98. The molecule has 1 aromatic heterocycles. The number of hydrogen-bond donors (Lipinski definition) is 1. The lowest BCUT2D eigenvalue weighted by Gasteiger charge is -2.13. The Morgan fingerprint density at radius 3 is 2.45 bits per heavy atom. The number of hydrogen-bond acceptors (Lipinski definition) is 1. The number of aryl methyl sites for hydroxylation is 1. The molecular formula is C18H19NO. The van der Waals surface area contributed by atoms with Crippen LogP contribution >= 0.6 is 0 Å². The predicted molar refractivity (Wildman–Crippen MR) is 82.9 cm³/mol. The van der Waals surface area contributed by atoms with Crippen molar-refractivity contribution in [2.45, 2.75) is 12.3 Å². The molecule has 0 amide bonds. The molecule has 1 atom stereocenters. The summed E-state index contributed by atoms with van der Waals surface area (Å²) in [4.78, 5) is 0. The highest BCUT2D eigenvalue weighted by molar-refractivity contribution is 5.84. The largest absolute Gasteiger partial charge is 0.396 e. The van der Waals surface area contributed by atoms with Crippen molar-refractivity contribution in [3.8, 4) is 0 Å². The number of aliphatic hydroxyl groups excluding tert-OH is 1. The highest BCUT2D eigenvalue weighted by Gasteiger charge is 2.16. The molecule has 2 aromatic carbocycles. The topological polar surface area (TPSA) is 25.2 Å². The van der Waals surface area contributed by atoms with E-state index in [1.165, 1.54) is 22.0 Å². The van der Waals surface area contributed by atoms with Crippen molar-refractivity contribution in [3.05, 3.63) is 71.9 Å². The highest BCUT2D eigenvalue weighted by Crippen LogP contribution is 2.29. The molecule has 0 aliphatic rings. The lowest BCUT2D eigenvalue weighted by molar-refractivity contribution is 0.265. The van der Waals surface area contributed by atoms with E-state index in [-0.39, 0.29) is 12.5 Å². The summed E-state index contributed by atoms with van der Waals surface area (Å²) in [6, 6.07) is 18.7. The van der Waals surface area contributed by atoms with Gasteiger partial charge >= 0.3 is 0 Å². The lowest BCUT2D eigenvalue weighted by Crippen LogP contribution is -2.07. The standard InChI is InChI=1S/C18H19NO/c1-19-12-17(16-9-5-6-10-18(16)19)15(13-20)11-14-7-3-2-4-8-14/h2-10,12,15,20H,11,13H2,1H3/t15-/m1/s1. The molecule has 3 rings (SSSR count). The second-order valence-electron chi connectivity index (χ2n) is 5.28. The van der Waals surface area contributed by atoms with Crippen LogP contribution in [-0.2, 0) is 13.5 Å². The summed E-state index contributed by atoms with van der Waals surface area (Å²) < 4.78 is 2.14. The highest BCUT2D eigenvalue weighted by atomic mass is 16.3. The van der Waals surface area contributed by atoms with Gasteiger partial charge in [0.05, 0.1) is 6.61 Å². The number of para-hydroxylation sites is 1. The summed E-state index contributed by atoms with van der Waals surface area (Å²) in [5, 5.41) is 11.0. The van der Waals surface area contributed by atoms with Crippen LogP contribution in [0.3, 0.4) is 0 Å². The predicted octanol–water partition coefficient (Wildman–Crippen LogP) is 3.50. The molecule has 0 bridgehead atoms. The summed E-state index contributed by atoms with van der Waals surface area (Å²) >= 11 is 0. The van der Waals surface area contributed by atoms with Gasteiger partial charge in [-0.05, 0) is 23.6 Å². The molecule has 0 radical (unpaired) electrons. The third kappa shape index (κ3) is 2.35. The Kier molecular flexibility index (Phi) is 3.57. The van der Waals surface area contributed by atoms with Crippen LogP contribution in [0.4, 0.5) is 0 Å². The van der Waals surface area contributed by atoms with Gasteiger partial charge in [-0.15, -0.1) is 0 Å². The Balaban J connectivity index is 1.99. The van der Waals surface area contributed by atoms with E-state index < -0.39 is 0 Å². The van der Waals surface area contributed by atoms with E-state index in [1.54, 1.807) is 0 Å². The second kappa shape index (κ2) is 5.51. The van der Waals surface area contributed by atoms with E-state index in [9.17, 15) is 5.11 Å². The van der Waals surface area contributed by atoms with Gasteiger partial charge in [0.1, 0.15) is 0 Å². The van der Waals surface area contributed by atoms with Crippen LogP contribution in [-0.4, -0.2) is 16.3 Å². The van der Waals surface area contributed by atoms with Crippen molar-refractivity contribution in [3.63, 3.8) is 0 Å². The Hall–Kier alpha value is -2.06. The van der Waals surface area contributed by atoms with Gasteiger partial charge in [0, 0.05) is 30.1 Å². The summed E-state index contributed by atoms with van der Waals surface area (Å²) in [6.45, 7) is 0.170. The molecule has 0 aliphatic heterocycles. The zero-order valence-electron chi connectivity index (χ0n) is 11.7. The van der Waals surface area contributed by atoms with E-state index in [1.807, 2.05) is 18.2 Å². The van der Waals surface area contributed by atoms with Gasteiger partial charge in [0.2, 0.25) is 0 Å². The Bertz CT molecular complexity index is 700. The summed E-state index contributed by atoms with van der Waals surface area (Å²) in [5.41, 5.74) is 3.71. The molecule has 0 saturated heterocycles. The molecule has 2 nitrogen and oxygen atoms in total. The second-order valence-corrected chi connectivity index (χ2v) is 5.28. The normalized spacial score (nSPS) is 12.7. The molecule has 102 valence electrons. The van der Waals surface area contributed by atoms with Gasteiger partial charge in [0.15, 0.2) is 0 Å². The minimum absolute atomic E-state index is 0.142. The fraction of sp³-hybridized carbons (Fsp3) is 0.222. The van der Waals surface area contributed by atoms with Crippen molar-refractivity contribution < 1.29 is 5.11 Å². The van der Waals surface area contributed by atoms with E-state index in [0.717, 1.165) is 6.42 Å². The van der Waals surface area contributed by atoms with Gasteiger partial charge in [-0.25, -0.2) is 0 Å². The molecule has 3 aromatic rings. The minimum atomic E-state index is 0.142.